The first-order valence-electron chi connectivity index (χ1n) is 9.63. The molecule has 1 aliphatic rings. The van der Waals surface area contributed by atoms with Gasteiger partial charge in [0.25, 0.3) is 5.91 Å². The summed E-state index contributed by atoms with van der Waals surface area (Å²) >= 11 is 1.13. The number of thiophene rings is 1. The Morgan fingerprint density at radius 1 is 1.28 bits per heavy atom. The second-order valence-electron chi connectivity index (χ2n) is 8.11. The first-order valence-corrected chi connectivity index (χ1v) is 10.4. The van der Waals surface area contributed by atoms with E-state index in [9.17, 15) is 23.7 Å². The van der Waals surface area contributed by atoms with Crippen LogP contribution < -0.4 is 10.5 Å². The van der Waals surface area contributed by atoms with Crippen molar-refractivity contribution in [2.75, 3.05) is 13.1 Å². The molecule has 2 aromatic rings. The number of carbonyl (C=O) groups excluding carboxylic acids is 3. The average Bonchev–Trinajstić information content (AvgIpc) is 3.15. The normalized spacial score (nSPS) is 13.9. The number of likely N-dealkylation sites (tertiary alicyclic amines) is 1. The lowest BCUT2D eigenvalue weighted by atomic mass is 9.84. The molecule has 0 radical (unpaired) electrons. The number of hydrogen-bond acceptors (Lipinski definition) is 7. The van der Waals surface area contributed by atoms with Crippen LogP contribution in [0.15, 0.2) is 35.5 Å². The molecule has 9 nitrogen and oxygen atoms in total. The Bertz CT molecular complexity index is 1110. The number of nitrogens with zero attached hydrogens (tertiary/aromatic N) is 2. The van der Waals surface area contributed by atoms with Gasteiger partial charge in [-0.3, -0.25) is 15.0 Å². The molecule has 2 heterocycles. The maximum atomic E-state index is 14.1. The molecular formula is C21H21FN4O5S. The lowest BCUT2D eigenvalue weighted by molar-refractivity contribution is -0.149. The van der Waals surface area contributed by atoms with Crippen molar-refractivity contribution in [3.05, 3.63) is 56.4 Å². The summed E-state index contributed by atoms with van der Waals surface area (Å²) in [5, 5.41) is 9.70. The van der Waals surface area contributed by atoms with Crippen molar-refractivity contribution in [2.24, 2.45) is 22.2 Å². The molecule has 11 heteroatoms. The molecule has 0 aliphatic carbocycles. The molecule has 1 fully saturated rings. The highest BCUT2D eigenvalue weighted by molar-refractivity contribution is 7.14. The predicted molar refractivity (Wildman–Crippen MR) is 115 cm³/mol. The van der Waals surface area contributed by atoms with Gasteiger partial charge in [0.2, 0.25) is 5.91 Å². The molecule has 3 rings (SSSR count). The van der Waals surface area contributed by atoms with Gasteiger partial charge in [-0.15, -0.1) is 16.2 Å². The highest BCUT2D eigenvalue weighted by Gasteiger charge is 2.42. The summed E-state index contributed by atoms with van der Waals surface area (Å²) in [5.74, 6) is -3.60. The second-order valence-corrected chi connectivity index (χ2v) is 9.28. The maximum absolute atomic E-state index is 14.1. The standard InChI is InChI=1S/C21H21FN4O5S/c1-21(2,20(29)26-9-12(10-26)18(27)25-30)8-13-4-6-16(32-13)19(28)31-15-5-3-11(17(23)24)7-14(15)22/h3-7,12H,8-10H2,1-2H3,(H3,23,24). The minimum Gasteiger partial charge on any atom is -0.419 e. The number of carbonyl (C=O) groups is 3. The van der Waals surface area contributed by atoms with Gasteiger partial charge >= 0.3 is 5.97 Å². The fraction of sp³-hybridized carbons (Fsp3) is 0.333. The van der Waals surface area contributed by atoms with Crippen molar-refractivity contribution in [1.82, 2.24) is 4.90 Å². The van der Waals surface area contributed by atoms with E-state index in [2.05, 4.69) is 5.18 Å². The van der Waals surface area contributed by atoms with Gasteiger partial charge in [0.1, 0.15) is 10.7 Å². The number of rotatable bonds is 7. The van der Waals surface area contributed by atoms with Crippen LogP contribution in [0.3, 0.4) is 0 Å². The molecular weight excluding hydrogens is 439 g/mol. The van der Waals surface area contributed by atoms with Crippen LogP contribution in [0.25, 0.3) is 0 Å². The summed E-state index contributed by atoms with van der Waals surface area (Å²) in [5.41, 5.74) is 4.68. The number of nitroso groups, excluding NO2 is 1. The van der Waals surface area contributed by atoms with E-state index in [0.29, 0.717) is 6.42 Å². The van der Waals surface area contributed by atoms with Crippen LogP contribution in [0.1, 0.15) is 34.0 Å². The number of esters is 1. The number of hydrogen-bond donors (Lipinski definition) is 2. The topological polar surface area (TPSA) is 143 Å². The van der Waals surface area contributed by atoms with Crippen molar-refractivity contribution in [3.8, 4) is 5.75 Å². The Kier molecular flexibility index (Phi) is 6.49. The van der Waals surface area contributed by atoms with Crippen LogP contribution >= 0.6 is 11.3 Å². The molecule has 168 valence electrons. The van der Waals surface area contributed by atoms with Crippen LogP contribution in [0.5, 0.6) is 5.75 Å². The van der Waals surface area contributed by atoms with Crippen molar-refractivity contribution in [3.63, 3.8) is 0 Å². The first kappa shape index (κ1) is 23.2. The molecule has 0 atom stereocenters. The number of amides is 2. The van der Waals surface area contributed by atoms with E-state index in [0.717, 1.165) is 22.3 Å². The number of nitrogens with one attached hydrogen (secondary N) is 1. The Hall–Kier alpha value is -3.47. The lowest BCUT2D eigenvalue weighted by Crippen LogP contribution is -2.56. The molecule has 2 amide bonds. The molecule has 0 spiro atoms. The zero-order valence-corrected chi connectivity index (χ0v) is 18.2. The summed E-state index contributed by atoms with van der Waals surface area (Å²) in [6.07, 6.45) is 0.340. The Morgan fingerprint density at radius 2 is 1.97 bits per heavy atom. The Balaban J connectivity index is 1.62. The summed E-state index contributed by atoms with van der Waals surface area (Å²) in [6.45, 7) is 3.85. The fourth-order valence-electron chi connectivity index (χ4n) is 3.30. The number of ether oxygens (including phenoxy) is 1. The minimum atomic E-state index is -0.814. The number of amidine groups is 1. The van der Waals surface area contributed by atoms with Gasteiger partial charge in [-0.1, -0.05) is 13.8 Å². The number of nitrogens with two attached hydrogens (primary N) is 1. The van der Waals surface area contributed by atoms with Gasteiger partial charge in [-0.2, -0.15) is 0 Å². The lowest BCUT2D eigenvalue weighted by Gasteiger charge is -2.41. The van der Waals surface area contributed by atoms with Gasteiger partial charge in [0.05, 0.1) is 5.92 Å². The Labute approximate surface area is 186 Å². The smallest absolute Gasteiger partial charge is 0.353 e. The van der Waals surface area contributed by atoms with Crippen LogP contribution in [0.4, 0.5) is 4.39 Å². The third-order valence-electron chi connectivity index (χ3n) is 5.11. The zero-order valence-electron chi connectivity index (χ0n) is 17.4. The van der Waals surface area contributed by atoms with E-state index in [1.165, 1.54) is 17.0 Å². The van der Waals surface area contributed by atoms with Crippen molar-refractivity contribution >= 4 is 35.0 Å². The molecule has 1 saturated heterocycles. The second kappa shape index (κ2) is 8.95. The Morgan fingerprint density at radius 3 is 2.56 bits per heavy atom. The van der Waals surface area contributed by atoms with Crippen LogP contribution in [-0.4, -0.2) is 41.6 Å². The summed E-state index contributed by atoms with van der Waals surface area (Å²) < 4.78 is 19.2. The highest BCUT2D eigenvalue weighted by atomic mass is 32.1. The third-order valence-corrected chi connectivity index (χ3v) is 6.18. The summed E-state index contributed by atoms with van der Waals surface area (Å²) in [7, 11) is 0. The molecule has 0 bridgehead atoms. The van der Waals surface area contributed by atoms with Crippen molar-refractivity contribution < 1.29 is 23.5 Å². The molecule has 3 N–H and O–H groups in total. The molecule has 0 saturated carbocycles. The maximum Gasteiger partial charge on any atom is 0.353 e. The zero-order chi connectivity index (χ0) is 23.6. The van der Waals surface area contributed by atoms with Crippen molar-refractivity contribution in [2.45, 2.75) is 20.3 Å². The van der Waals surface area contributed by atoms with Gasteiger partial charge in [0.15, 0.2) is 11.6 Å². The van der Waals surface area contributed by atoms with Gasteiger partial charge in [0, 0.05) is 34.1 Å². The average molecular weight is 460 g/mol. The molecule has 32 heavy (non-hydrogen) atoms. The number of nitrogen functional groups attached to an aromatic ring is 1. The van der Waals surface area contributed by atoms with Crippen molar-refractivity contribution in [1.29, 1.82) is 5.41 Å². The van der Waals surface area contributed by atoms with Gasteiger partial charge in [-0.25, -0.2) is 9.18 Å². The van der Waals surface area contributed by atoms with E-state index in [-0.39, 0.29) is 41.0 Å². The summed E-state index contributed by atoms with van der Waals surface area (Å²) in [4.78, 5) is 49.2. The fourth-order valence-corrected chi connectivity index (χ4v) is 4.41. The van der Waals surface area contributed by atoms with E-state index in [4.69, 9.17) is 15.9 Å². The quantitative estimate of drug-likeness (QED) is 0.214. The summed E-state index contributed by atoms with van der Waals surface area (Å²) in [6, 6.07) is 6.85. The number of benzene rings is 1. The molecule has 1 aromatic carbocycles. The van der Waals surface area contributed by atoms with E-state index < -0.39 is 29.0 Å². The largest absolute Gasteiger partial charge is 0.419 e. The van der Waals surface area contributed by atoms with Gasteiger partial charge < -0.3 is 15.4 Å². The third kappa shape index (κ3) is 4.88. The van der Waals surface area contributed by atoms with E-state index in [1.807, 2.05) is 0 Å². The van der Waals surface area contributed by atoms with Gasteiger partial charge in [-0.05, 0) is 36.8 Å². The molecule has 0 unspecified atom stereocenters. The minimum absolute atomic E-state index is 0.169. The predicted octanol–water partition coefficient (Wildman–Crippen LogP) is 2.71. The monoisotopic (exact) mass is 460 g/mol. The number of halogens is 1. The van der Waals surface area contributed by atoms with Crippen LogP contribution in [0, 0.1) is 27.5 Å². The molecule has 1 aliphatic heterocycles. The van der Waals surface area contributed by atoms with Crippen LogP contribution in [-0.2, 0) is 16.0 Å². The van der Waals surface area contributed by atoms with Crippen LogP contribution in [0.2, 0.25) is 0 Å². The SMILES string of the molecule is CC(C)(Cc1ccc(C(=O)Oc2ccc(C(=N)N)cc2F)s1)C(=O)N1CC(C(=O)N=O)C1. The highest BCUT2D eigenvalue weighted by Crippen LogP contribution is 2.32. The first-order chi connectivity index (χ1) is 15.0. The van der Waals surface area contributed by atoms with E-state index in [1.54, 1.807) is 26.0 Å². The molecule has 1 aromatic heterocycles. The van der Waals surface area contributed by atoms with E-state index >= 15 is 0 Å².